The lowest BCUT2D eigenvalue weighted by atomic mass is 9.70. The first kappa shape index (κ1) is 31.2. The molecule has 0 unspecified atom stereocenters. The van der Waals surface area contributed by atoms with Gasteiger partial charge < -0.3 is 4.57 Å². The summed E-state index contributed by atoms with van der Waals surface area (Å²) in [5, 5.41) is 5.19. The van der Waals surface area contributed by atoms with Gasteiger partial charge in [-0.25, -0.2) is 0 Å². The van der Waals surface area contributed by atoms with Gasteiger partial charge in [-0.2, -0.15) is 0 Å². The van der Waals surface area contributed by atoms with Gasteiger partial charge in [-0.15, -0.1) is 11.3 Å². The van der Waals surface area contributed by atoms with Crippen LogP contribution in [0.4, 0.5) is 0 Å². The number of hydrogen-bond acceptors (Lipinski definition) is 1. The van der Waals surface area contributed by atoms with Crippen LogP contribution in [0.2, 0.25) is 0 Å². The highest BCUT2D eigenvalue weighted by Crippen LogP contribution is 2.65. The standard InChI is InChI=1S/C55H33NS/c1-3-15-34(16-4-1)42-33-44-40-21-9-13-25-48(40)55(46-23-11-7-19-38(46)39-20-8-12-24-47(39)55)53(44)54-52(42)45-32-35(27-29-49(45)56(54)37-17-5-2-6-18-37)36-28-30-51-43(31-36)41-22-10-14-26-50(41)57-51/h1-33H. The molecule has 1 nitrogen and oxygen atoms in total. The SMILES string of the molecule is c1ccc(-c2cc3c(c4c2c2cc(-c5ccc6sc7ccccc7c6c5)ccc2n4-c2ccccc2)C2(c4ccccc4-c4ccccc42)c2ccccc2-3)cc1. The van der Waals surface area contributed by atoms with Crippen LogP contribution in [0, 0.1) is 0 Å². The predicted molar refractivity (Wildman–Crippen MR) is 241 cm³/mol. The highest BCUT2D eigenvalue weighted by atomic mass is 32.1. The number of nitrogens with zero attached hydrogens (tertiary/aromatic N) is 1. The number of hydrogen-bond donors (Lipinski definition) is 0. The zero-order valence-electron chi connectivity index (χ0n) is 30.9. The molecule has 0 saturated carbocycles. The lowest BCUT2D eigenvalue weighted by Gasteiger charge is -2.31. The van der Waals surface area contributed by atoms with Crippen LogP contribution in [0.1, 0.15) is 22.3 Å². The van der Waals surface area contributed by atoms with Crippen molar-refractivity contribution in [2.75, 3.05) is 0 Å². The summed E-state index contributed by atoms with van der Waals surface area (Å²) < 4.78 is 5.23. The second kappa shape index (κ2) is 11.5. The van der Waals surface area contributed by atoms with Crippen LogP contribution < -0.4 is 0 Å². The molecule has 57 heavy (non-hydrogen) atoms. The zero-order valence-corrected chi connectivity index (χ0v) is 31.7. The van der Waals surface area contributed by atoms with Crippen molar-refractivity contribution in [3.8, 4) is 50.2 Å². The molecule has 0 radical (unpaired) electrons. The van der Waals surface area contributed by atoms with Crippen LogP contribution in [0.25, 0.3) is 92.2 Å². The Morgan fingerprint density at radius 3 is 1.61 bits per heavy atom. The van der Waals surface area contributed by atoms with Crippen LogP contribution in [-0.4, -0.2) is 4.57 Å². The van der Waals surface area contributed by atoms with Crippen LogP contribution in [0.3, 0.4) is 0 Å². The van der Waals surface area contributed by atoms with E-state index in [4.69, 9.17) is 0 Å². The van der Waals surface area contributed by atoms with Crippen molar-refractivity contribution in [2.45, 2.75) is 5.41 Å². The number of thiophene rings is 1. The van der Waals surface area contributed by atoms with Gasteiger partial charge in [0.25, 0.3) is 0 Å². The maximum Gasteiger partial charge on any atom is 0.0746 e. The zero-order chi connectivity index (χ0) is 37.2. The molecule has 0 fully saturated rings. The summed E-state index contributed by atoms with van der Waals surface area (Å²) in [6.45, 7) is 0. The van der Waals surface area contributed by atoms with Gasteiger partial charge in [-0.05, 0) is 110 Å². The number of aromatic nitrogens is 1. The monoisotopic (exact) mass is 739 g/mol. The molecular weight excluding hydrogens is 707 g/mol. The molecule has 2 aliphatic rings. The smallest absolute Gasteiger partial charge is 0.0746 e. The second-order valence-electron chi connectivity index (χ2n) is 15.5. The predicted octanol–water partition coefficient (Wildman–Crippen LogP) is 14.8. The molecule has 9 aromatic carbocycles. The normalized spacial score (nSPS) is 13.4. The first-order valence-corrected chi connectivity index (χ1v) is 20.6. The van der Waals surface area contributed by atoms with E-state index in [0.29, 0.717) is 0 Å². The maximum atomic E-state index is 2.58. The third kappa shape index (κ3) is 4.07. The molecule has 1 spiro atoms. The fourth-order valence-electron chi connectivity index (χ4n) is 10.6. The van der Waals surface area contributed by atoms with E-state index in [0.717, 1.165) is 5.69 Å². The molecular formula is C55H33NS. The summed E-state index contributed by atoms with van der Waals surface area (Å²) in [4.78, 5) is 0. The molecule has 13 rings (SSSR count). The van der Waals surface area contributed by atoms with Gasteiger partial charge in [-0.1, -0.05) is 152 Å². The number of fused-ring (bicyclic) bond motifs is 17. The van der Waals surface area contributed by atoms with Crippen LogP contribution in [0.15, 0.2) is 200 Å². The minimum absolute atomic E-state index is 0.499. The van der Waals surface area contributed by atoms with Gasteiger partial charge in [-0.3, -0.25) is 0 Å². The summed E-state index contributed by atoms with van der Waals surface area (Å²) in [7, 11) is 0. The molecule has 11 aromatic rings. The second-order valence-corrected chi connectivity index (χ2v) is 16.6. The van der Waals surface area contributed by atoms with Crippen LogP contribution in [0.5, 0.6) is 0 Å². The molecule has 2 aromatic heterocycles. The van der Waals surface area contributed by atoms with Gasteiger partial charge in [0.1, 0.15) is 0 Å². The van der Waals surface area contributed by atoms with E-state index in [9.17, 15) is 0 Å². The highest BCUT2D eigenvalue weighted by molar-refractivity contribution is 7.25. The van der Waals surface area contributed by atoms with Crippen LogP contribution in [-0.2, 0) is 5.41 Å². The third-order valence-electron chi connectivity index (χ3n) is 12.8. The molecule has 0 atom stereocenters. The van der Waals surface area contributed by atoms with Crippen molar-refractivity contribution in [3.05, 3.63) is 222 Å². The molecule has 2 heteroatoms. The molecule has 0 amide bonds. The molecule has 2 aliphatic carbocycles. The van der Waals surface area contributed by atoms with Gasteiger partial charge in [0, 0.05) is 42.2 Å². The Labute approximate surface area is 334 Å². The summed E-state index contributed by atoms with van der Waals surface area (Å²) >= 11 is 1.87. The largest absolute Gasteiger partial charge is 0.309 e. The van der Waals surface area contributed by atoms with E-state index < -0.39 is 5.41 Å². The van der Waals surface area contributed by atoms with E-state index in [1.165, 1.54) is 109 Å². The first-order chi connectivity index (χ1) is 28.3. The van der Waals surface area contributed by atoms with Crippen molar-refractivity contribution in [1.29, 1.82) is 0 Å². The Bertz CT molecular complexity index is 3410. The minimum atomic E-state index is -0.499. The summed E-state index contributed by atoms with van der Waals surface area (Å²) in [6.07, 6.45) is 0. The van der Waals surface area contributed by atoms with Crippen LogP contribution >= 0.6 is 11.3 Å². The Morgan fingerprint density at radius 1 is 0.368 bits per heavy atom. The molecule has 0 N–H and O–H groups in total. The van der Waals surface area contributed by atoms with E-state index >= 15 is 0 Å². The Hall–Kier alpha value is -7.00. The summed E-state index contributed by atoms with van der Waals surface area (Å²) in [5.74, 6) is 0. The summed E-state index contributed by atoms with van der Waals surface area (Å²) in [6, 6.07) is 75.0. The first-order valence-electron chi connectivity index (χ1n) is 19.8. The Balaban J connectivity index is 1.23. The van der Waals surface area contributed by atoms with Crippen molar-refractivity contribution < 1.29 is 0 Å². The Kier molecular flexibility index (Phi) is 6.31. The van der Waals surface area contributed by atoms with E-state index in [-0.39, 0.29) is 0 Å². The average Bonchev–Trinajstić information content (AvgIpc) is 4.00. The van der Waals surface area contributed by atoms with E-state index in [2.05, 4.69) is 205 Å². The van der Waals surface area contributed by atoms with Crippen molar-refractivity contribution in [1.82, 2.24) is 4.57 Å². The molecule has 2 heterocycles. The number of para-hydroxylation sites is 1. The third-order valence-corrected chi connectivity index (χ3v) is 13.9. The molecule has 0 saturated heterocycles. The Morgan fingerprint density at radius 2 is 0.912 bits per heavy atom. The van der Waals surface area contributed by atoms with Crippen molar-refractivity contribution in [3.63, 3.8) is 0 Å². The summed E-state index contributed by atoms with van der Waals surface area (Å²) in [5.41, 5.74) is 18.7. The van der Waals surface area contributed by atoms with Gasteiger partial charge in [0.15, 0.2) is 0 Å². The maximum absolute atomic E-state index is 2.58. The van der Waals surface area contributed by atoms with Gasteiger partial charge >= 0.3 is 0 Å². The quantitative estimate of drug-likeness (QED) is 0.170. The van der Waals surface area contributed by atoms with Gasteiger partial charge in [0.05, 0.1) is 16.4 Å². The highest BCUT2D eigenvalue weighted by Gasteiger charge is 2.53. The minimum Gasteiger partial charge on any atom is -0.309 e. The molecule has 0 aliphatic heterocycles. The number of rotatable bonds is 3. The topological polar surface area (TPSA) is 4.93 Å². The van der Waals surface area contributed by atoms with E-state index in [1.807, 2.05) is 11.3 Å². The lowest BCUT2D eigenvalue weighted by Crippen LogP contribution is -2.26. The number of benzene rings is 9. The fraction of sp³-hybridized carbons (Fsp3) is 0.0182. The van der Waals surface area contributed by atoms with Gasteiger partial charge in [0.2, 0.25) is 0 Å². The van der Waals surface area contributed by atoms with Crippen molar-refractivity contribution in [2.24, 2.45) is 0 Å². The van der Waals surface area contributed by atoms with E-state index in [1.54, 1.807) is 0 Å². The lowest BCUT2D eigenvalue weighted by molar-refractivity contribution is 0.797. The van der Waals surface area contributed by atoms with Crippen molar-refractivity contribution >= 4 is 53.3 Å². The molecule has 264 valence electrons. The average molecular weight is 740 g/mol. The molecule has 0 bridgehead atoms. The fourth-order valence-corrected chi connectivity index (χ4v) is 11.6.